The number of rotatable bonds is 9. The summed E-state index contributed by atoms with van der Waals surface area (Å²) in [7, 11) is 0. The number of carbonyl (C=O) groups excluding carboxylic acids is 3. The molecule has 0 saturated carbocycles. The summed E-state index contributed by atoms with van der Waals surface area (Å²) in [6.45, 7) is -0.0163. The number of carbonyl (C=O) groups is 3. The van der Waals surface area contributed by atoms with Crippen LogP contribution in [0.2, 0.25) is 0 Å². The van der Waals surface area contributed by atoms with E-state index in [-0.39, 0.29) is 11.3 Å². The predicted octanol–water partition coefficient (Wildman–Crippen LogP) is 2.83. The van der Waals surface area contributed by atoms with Gasteiger partial charge in [0, 0.05) is 6.07 Å². The van der Waals surface area contributed by atoms with E-state index in [1.165, 1.54) is 6.92 Å². The minimum Gasteiger partial charge on any atom is -0.486 e. The molecule has 4 atom stereocenters. The number of halogens is 9. The molecule has 0 radical (unpaired) electrons. The van der Waals surface area contributed by atoms with Gasteiger partial charge in [-0.2, -0.15) is 22.0 Å². The van der Waals surface area contributed by atoms with E-state index in [2.05, 4.69) is 0 Å². The zero-order valence-electron chi connectivity index (χ0n) is 19.6. The highest BCUT2D eigenvalue weighted by atomic mass is 19.4. The SMILES string of the molecule is CC[C@H]1Oc2ccc(F)cc2N(C(F)C(F)F)C(=O)[C@H]1NC(=O)C(O)(CC)C(=O)NCC(F)(F)C(F)(F)F. The molecule has 1 aliphatic heterocycles. The van der Waals surface area contributed by atoms with E-state index in [4.69, 9.17) is 4.74 Å². The van der Waals surface area contributed by atoms with Gasteiger partial charge in [-0.15, -0.1) is 0 Å². The fourth-order valence-electron chi connectivity index (χ4n) is 3.40. The van der Waals surface area contributed by atoms with Crippen LogP contribution in [-0.4, -0.2) is 71.9 Å². The van der Waals surface area contributed by atoms with Gasteiger partial charge in [-0.25, -0.2) is 17.6 Å². The van der Waals surface area contributed by atoms with E-state index in [9.17, 15) is 59.0 Å². The maximum Gasteiger partial charge on any atom is 0.455 e. The number of nitrogens with one attached hydrogen (secondary N) is 2. The molecule has 38 heavy (non-hydrogen) atoms. The molecule has 1 aliphatic rings. The van der Waals surface area contributed by atoms with Crippen molar-refractivity contribution in [1.82, 2.24) is 10.6 Å². The van der Waals surface area contributed by atoms with Crippen LogP contribution in [0.25, 0.3) is 0 Å². The number of amides is 3. The third-order valence-corrected chi connectivity index (χ3v) is 5.63. The average molecular weight is 567 g/mol. The van der Waals surface area contributed by atoms with Gasteiger partial charge >= 0.3 is 12.1 Å². The zero-order valence-corrected chi connectivity index (χ0v) is 19.6. The van der Waals surface area contributed by atoms with Crippen LogP contribution < -0.4 is 20.3 Å². The summed E-state index contributed by atoms with van der Waals surface area (Å²) in [6.07, 6.45) is -15.9. The van der Waals surface area contributed by atoms with Crippen LogP contribution in [0.1, 0.15) is 26.7 Å². The first-order valence-corrected chi connectivity index (χ1v) is 10.9. The van der Waals surface area contributed by atoms with Crippen LogP contribution in [0.4, 0.5) is 45.2 Å². The van der Waals surface area contributed by atoms with Crippen molar-refractivity contribution in [3.63, 3.8) is 0 Å². The first-order valence-electron chi connectivity index (χ1n) is 10.9. The first-order chi connectivity index (χ1) is 17.4. The predicted molar refractivity (Wildman–Crippen MR) is 111 cm³/mol. The maximum absolute atomic E-state index is 14.5. The number of alkyl halides is 8. The van der Waals surface area contributed by atoms with Gasteiger partial charge in [0.05, 0.1) is 12.2 Å². The summed E-state index contributed by atoms with van der Waals surface area (Å²) in [6, 6.07) is 0.102. The fraction of sp³-hybridized carbons (Fsp3) is 0.571. The minimum atomic E-state index is -6.07. The van der Waals surface area contributed by atoms with Gasteiger partial charge < -0.3 is 20.5 Å². The molecule has 1 aromatic rings. The van der Waals surface area contributed by atoms with E-state index in [0.29, 0.717) is 6.07 Å². The third kappa shape index (κ3) is 6.07. The van der Waals surface area contributed by atoms with Gasteiger partial charge in [0.1, 0.15) is 23.7 Å². The largest absolute Gasteiger partial charge is 0.486 e. The fourth-order valence-corrected chi connectivity index (χ4v) is 3.40. The lowest BCUT2D eigenvalue weighted by Crippen LogP contribution is -2.64. The Morgan fingerprint density at radius 3 is 2.21 bits per heavy atom. The molecule has 214 valence electrons. The Balaban J connectivity index is 2.41. The van der Waals surface area contributed by atoms with Crippen molar-refractivity contribution in [2.45, 2.75) is 69.3 Å². The number of nitrogens with zero attached hydrogens (tertiary/aromatic N) is 1. The summed E-state index contributed by atoms with van der Waals surface area (Å²) in [5.74, 6) is -12.4. The second kappa shape index (κ2) is 11.2. The van der Waals surface area contributed by atoms with E-state index < -0.39 is 90.5 Å². The Morgan fingerprint density at radius 2 is 1.71 bits per heavy atom. The Bertz CT molecular complexity index is 1060. The van der Waals surface area contributed by atoms with Crippen molar-refractivity contribution in [3.8, 4) is 5.75 Å². The Labute approximate surface area is 209 Å². The van der Waals surface area contributed by atoms with Crippen LogP contribution in [0.3, 0.4) is 0 Å². The standard InChI is InChI=1S/C21H22F9N3O5/c1-3-11-13(16(34)33(15(25)14(23)24)10-7-9(22)5-6-12(10)38-11)32-18(36)19(37,4-2)17(35)31-8-20(26,27)21(28,29)30/h5-7,11,13-15,37H,3-4,8H2,1-2H3,(H,31,35)(H,32,36)/t11-,13+,15?,19?/m1/s1. The van der Waals surface area contributed by atoms with Crippen LogP contribution in [0.15, 0.2) is 18.2 Å². The van der Waals surface area contributed by atoms with Gasteiger partial charge in [0.2, 0.25) is 11.9 Å². The number of fused-ring (bicyclic) bond motifs is 1. The maximum atomic E-state index is 14.5. The van der Waals surface area contributed by atoms with Gasteiger partial charge in [0.15, 0.2) is 0 Å². The van der Waals surface area contributed by atoms with E-state index >= 15 is 0 Å². The summed E-state index contributed by atoms with van der Waals surface area (Å²) in [5.41, 5.74) is -4.11. The molecule has 0 spiro atoms. The van der Waals surface area contributed by atoms with Gasteiger partial charge in [-0.05, 0) is 25.0 Å². The minimum absolute atomic E-state index is 0.193. The lowest BCUT2D eigenvalue weighted by Gasteiger charge is -2.32. The molecule has 1 aromatic carbocycles. The highest BCUT2D eigenvalue weighted by Gasteiger charge is 2.58. The van der Waals surface area contributed by atoms with Crippen molar-refractivity contribution < 1.29 is 63.7 Å². The number of aliphatic hydroxyl groups is 1. The molecule has 17 heteroatoms. The molecule has 8 nitrogen and oxygen atoms in total. The highest BCUT2D eigenvalue weighted by Crippen LogP contribution is 2.38. The molecule has 3 N–H and O–H groups in total. The highest BCUT2D eigenvalue weighted by molar-refractivity contribution is 6.10. The molecule has 0 aliphatic carbocycles. The molecule has 0 bridgehead atoms. The molecule has 3 amide bonds. The van der Waals surface area contributed by atoms with Gasteiger partial charge in [-0.1, -0.05) is 13.8 Å². The Hall–Kier alpha value is -3.24. The van der Waals surface area contributed by atoms with E-state index in [1.807, 2.05) is 0 Å². The second-order valence-corrected chi connectivity index (χ2v) is 8.14. The molecule has 2 unspecified atom stereocenters. The van der Waals surface area contributed by atoms with E-state index in [1.54, 1.807) is 5.32 Å². The van der Waals surface area contributed by atoms with E-state index in [0.717, 1.165) is 24.4 Å². The number of hydrogen-bond donors (Lipinski definition) is 3. The summed E-state index contributed by atoms with van der Waals surface area (Å²) < 4.78 is 124. The number of hydrogen-bond acceptors (Lipinski definition) is 5. The monoisotopic (exact) mass is 567 g/mol. The lowest BCUT2D eigenvalue weighted by atomic mass is 9.96. The van der Waals surface area contributed by atoms with Crippen molar-refractivity contribution in [3.05, 3.63) is 24.0 Å². The Kier molecular flexibility index (Phi) is 9.17. The lowest BCUT2D eigenvalue weighted by molar-refractivity contribution is -0.278. The molecule has 2 rings (SSSR count). The molecular weight excluding hydrogens is 545 g/mol. The van der Waals surface area contributed by atoms with Crippen molar-refractivity contribution >= 4 is 23.4 Å². The normalized spacial score (nSPS) is 20.7. The molecule has 0 aromatic heterocycles. The Morgan fingerprint density at radius 1 is 1.11 bits per heavy atom. The van der Waals surface area contributed by atoms with Crippen LogP contribution in [0.5, 0.6) is 5.75 Å². The molecule has 1 heterocycles. The quantitative estimate of drug-likeness (QED) is 0.242. The number of benzene rings is 1. The van der Waals surface area contributed by atoms with Gasteiger partial charge in [0.25, 0.3) is 24.1 Å². The molecule has 0 fully saturated rings. The van der Waals surface area contributed by atoms with Crippen LogP contribution in [0, 0.1) is 5.82 Å². The smallest absolute Gasteiger partial charge is 0.455 e. The number of anilines is 1. The average Bonchev–Trinajstić information content (AvgIpc) is 2.94. The van der Waals surface area contributed by atoms with Crippen molar-refractivity contribution in [2.24, 2.45) is 0 Å². The van der Waals surface area contributed by atoms with Crippen LogP contribution in [-0.2, 0) is 14.4 Å². The van der Waals surface area contributed by atoms with Crippen molar-refractivity contribution in [1.29, 1.82) is 0 Å². The van der Waals surface area contributed by atoms with Crippen molar-refractivity contribution in [2.75, 3.05) is 11.4 Å². The van der Waals surface area contributed by atoms with Gasteiger partial charge in [-0.3, -0.25) is 19.3 Å². The summed E-state index contributed by atoms with van der Waals surface area (Å²) in [4.78, 5) is 38.1. The summed E-state index contributed by atoms with van der Waals surface area (Å²) >= 11 is 0. The second-order valence-electron chi connectivity index (χ2n) is 8.14. The number of ether oxygens (including phenoxy) is 1. The third-order valence-electron chi connectivity index (χ3n) is 5.63. The first kappa shape index (κ1) is 31.0. The molecular formula is C21H22F9N3O5. The van der Waals surface area contributed by atoms with Crippen LogP contribution >= 0.6 is 0 Å². The molecule has 0 saturated heterocycles. The zero-order chi connectivity index (χ0) is 29.2. The summed E-state index contributed by atoms with van der Waals surface area (Å²) in [5, 5.41) is 13.4. The topological polar surface area (TPSA) is 108 Å².